The molecule has 0 bridgehead atoms. The van der Waals surface area contributed by atoms with Gasteiger partial charge in [0.15, 0.2) is 0 Å². The molecular formula is C17H23N3. The number of hydrogen-bond acceptors (Lipinski definition) is 3. The second-order valence-electron chi connectivity index (χ2n) is 5.53. The van der Waals surface area contributed by atoms with Gasteiger partial charge in [0.2, 0.25) is 0 Å². The number of nitrogens with one attached hydrogen (secondary N) is 1. The van der Waals surface area contributed by atoms with E-state index in [9.17, 15) is 0 Å². The number of benzene rings is 1. The molecule has 0 aliphatic heterocycles. The van der Waals surface area contributed by atoms with E-state index < -0.39 is 0 Å². The molecule has 0 fully saturated rings. The fourth-order valence-electron chi connectivity index (χ4n) is 2.12. The maximum absolute atomic E-state index is 4.28. The van der Waals surface area contributed by atoms with Crippen molar-refractivity contribution in [3.63, 3.8) is 0 Å². The Kier molecular flexibility index (Phi) is 5.10. The van der Waals surface area contributed by atoms with Crippen LogP contribution >= 0.6 is 0 Å². The van der Waals surface area contributed by atoms with Crippen molar-refractivity contribution in [2.45, 2.75) is 33.6 Å². The zero-order valence-electron chi connectivity index (χ0n) is 12.6. The van der Waals surface area contributed by atoms with Gasteiger partial charge < -0.3 is 5.32 Å². The minimum absolute atomic E-state index is 0.685. The summed E-state index contributed by atoms with van der Waals surface area (Å²) >= 11 is 0. The van der Waals surface area contributed by atoms with Gasteiger partial charge in [-0.05, 0) is 36.5 Å². The van der Waals surface area contributed by atoms with E-state index in [0.29, 0.717) is 5.92 Å². The lowest BCUT2D eigenvalue weighted by Gasteiger charge is -2.07. The molecule has 0 amide bonds. The van der Waals surface area contributed by atoms with Crippen molar-refractivity contribution >= 4 is 5.82 Å². The molecule has 3 heteroatoms. The molecule has 1 aromatic heterocycles. The Bertz CT molecular complexity index is 515. The highest BCUT2D eigenvalue weighted by molar-refractivity contribution is 5.59. The van der Waals surface area contributed by atoms with E-state index in [1.165, 1.54) is 5.56 Å². The molecule has 0 aliphatic carbocycles. The van der Waals surface area contributed by atoms with Crippen molar-refractivity contribution in [3.8, 4) is 11.3 Å². The van der Waals surface area contributed by atoms with E-state index in [2.05, 4.69) is 60.6 Å². The van der Waals surface area contributed by atoms with Crippen molar-refractivity contribution in [1.29, 1.82) is 0 Å². The SMILES string of the molecule is CCCNc1ccc(-c2ccc(CC(C)C)cc2)nn1. The predicted octanol–water partition coefficient (Wildman–Crippen LogP) is 4.16. The lowest BCUT2D eigenvalue weighted by atomic mass is 10.0. The van der Waals surface area contributed by atoms with Crippen LogP contribution < -0.4 is 5.32 Å². The number of hydrogen-bond donors (Lipinski definition) is 1. The van der Waals surface area contributed by atoms with Crippen LogP contribution in [0.15, 0.2) is 36.4 Å². The van der Waals surface area contributed by atoms with Gasteiger partial charge in [-0.25, -0.2) is 0 Å². The predicted molar refractivity (Wildman–Crippen MR) is 84.8 cm³/mol. The standard InChI is InChI=1S/C17H23N3/c1-4-11-18-17-10-9-16(19-20-17)15-7-5-14(6-8-15)12-13(2)3/h5-10,13H,4,11-12H2,1-3H3,(H,18,20). The summed E-state index contributed by atoms with van der Waals surface area (Å²) in [7, 11) is 0. The molecule has 2 aromatic rings. The molecule has 0 radical (unpaired) electrons. The van der Waals surface area contributed by atoms with Gasteiger partial charge in [-0.3, -0.25) is 0 Å². The van der Waals surface area contributed by atoms with Gasteiger partial charge in [-0.1, -0.05) is 45.0 Å². The molecule has 106 valence electrons. The first-order chi connectivity index (χ1) is 9.69. The third-order valence-corrected chi connectivity index (χ3v) is 3.11. The van der Waals surface area contributed by atoms with Crippen LogP contribution in [0.5, 0.6) is 0 Å². The van der Waals surface area contributed by atoms with Crippen LogP contribution in [0.25, 0.3) is 11.3 Å². The third-order valence-electron chi connectivity index (χ3n) is 3.11. The van der Waals surface area contributed by atoms with E-state index in [1.807, 2.05) is 12.1 Å². The lowest BCUT2D eigenvalue weighted by Crippen LogP contribution is -2.02. The van der Waals surface area contributed by atoms with Gasteiger partial charge in [-0.15, -0.1) is 10.2 Å². The Labute approximate surface area is 121 Å². The first kappa shape index (κ1) is 14.5. The molecule has 0 aliphatic rings. The van der Waals surface area contributed by atoms with Crippen molar-refractivity contribution in [2.75, 3.05) is 11.9 Å². The topological polar surface area (TPSA) is 37.8 Å². The average Bonchev–Trinajstić information content (AvgIpc) is 2.46. The summed E-state index contributed by atoms with van der Waals surface area (Å²) in [5, 5.41) is 11.7. The van der Waals surface area contributed by atoms with Crippen LogP contribution in [0.1, 0.15) is 32.8 Å². The van der Waals surface area contributed by atoms with Crippen molar-refractivity contribution in [3.05, 3.63) is 42.0 Å². The third kappa shape index (κ3) is 4.05. The smallest absolute Gasteiger partial charge is 0.148 e. The molecule has 1 N–H and O–H groups in total. The molecule has 0 atom stereocenters. The highest BCUT2D eigenvalue weighted by atomic mass is 15.2. The van der Waals surface area contributed by atoms with Crippen LogP contribution in [0, 0.1) is 5.92 Å². The van der Waals surface area contributed by atoms with Gasteiger partial charge in [0, 0.05) is 12.1 Å². The summed E-state index contributed by atoms with van der Waals surface area (Å²) in [6.45, 7) is 7.54. The van der Waals surface area contributed by atoms with E-state index in [0.717, 1.165) is 36.5 Å². The van der Waals surface area contributed by atoms with Crippen LogP contribution in [0.2, 0.25) is 0 Å². The number of aromatic nitrogens is 2. The molecular weight excluding hydrogens is 246 g/mol. The van der Waals surface area contributed by atoms with Gasteiger partial charge >= 0.3 is 0 Å². The zero-order valence-corrected chi connectivity index (χ0v) is 12.6. The fourth-order valence-corrected chi connectivity index (χ4v) is 2.12. The summed E-state index contributed by atoms with van der Waals surface area (Å²) in [5.41, 5.74) is 3.41. The molecule has 1 heterocycles. The van der Waals surface area contributed by atoms with Crippen LogP contribution in [-0.2, 0) is 6.42 Å². The van der Waals surface area contributed by atoms with E-state index in [-0.39, 0.29) is 0 Å². The Morgan fingerprint density at radius 3 is 2.30 bits per heavy atom. The molecule has 20 heavy (non-hydrogen) atoms. The molecule has 0 saturated heterocycles. The average molecular weight is 269 g/mol. The highest BCUT2D eigenvalue weighted by Gasteiger charge is 2.02. The number of nitrogens with zero attached hydrogens (tertiary/aromatic N) is 2. The quantitative estimate of drug-likeness (QED) is 0.855. The zero-order chi connectivity index (χ0) is 14.4. The second-order valence-corrected chi connectivity index (χ2v) is 5.53. The number of rotatable bonds is 6. The lowest BCUT2D eigenvalue weighted by molar-refractivity contribution is 0.647. The summed E-state index contributed by atoms with van der Waals surface area (Å²) in [4.78, 5) is 0. The maximum atomic E-state index is 4.28. The highest BCUT2D eigenvalue weighted by Crippen LogP contribution is 2.19. The van der Waals surface area contributed by atoms with Crippen molar-refractivity contribution < 1.29 is 0 Å². The largest absolute Gasteiger partial charge is 0.369 e. The first-order valence-electron chi connectivity index (χ1n) is 7.36. The summed E-state index contributed by atoms with van der Waals surface area (Å²) < 4.78 is 0. The summed E-state index contributed by atoms with van der Waals surface area (Å²) in [6, 6.07) is 12.6. The van der Waals surface area contributed by atoms with E-state index in [1.54, 1.807) is 0 Å². The van der Waals surface area contributed by atoms with Gasteiger partial charge in [0.25, 0.3) is 0 Å². The Morgan fingerprint density at radius 1 is 1.00 bits per heavy atom. The Balaban J connectivity index is 2.07. The molecule has 3 nitrogen and oxygen atoms in total. The first-order valence-corrected chi connectivity index (χ1v) is 7.36. The molecule has 2 rings (SSSR count). The molecule has 1 aromatic carbocycles. The van der Waals surface area contributed by atoms with E-state index in [4.69, 9.17) is 0 Å². The summed E-state index contributed by atoms with van der Waals surface area (Å²) in [6.07, 6.45) is 2.20. The normalized spacial score (nSPS) is 10.8. The Hall–Kier alpha value is -1.90. The maximum Gasteiger partial charge on any atom is 0.148 e. The monoisotopic (exact) mass is 269 g/mol. The van der Waals surface area contributed by atoms with E-state index >= 15 is 0 Å². The number of anilines is 1. The van der Waals surface area contributed by atoms with Crippen LogP contribution in [0.4, 0.5) is 5.82 Å². The molecule has 0 spiro atoms. The minimum Gasteiger partial charge on any atom is -0.369 e. The van der Waals surface area contributed by atoms with Crippen molar-refractivity contribution in [2.24, 2.45) is 5.92 Å². The molecule has 0 saturated carbocycles. The molecule has 0 unspecified atom stereocenters. The van der Waals surface area contributed by atoms with Crippen LogP contribution in [-0.4, -0.2) is 16.7 Å². The minimum atomic E-state index is 0.685. The van der Waals surface area contributed by atoms with Gasteiger partial charge in [0.05, 0.1) is 5.69 Å². The van der Waals surface area contributed by atoms with Gasteiger partial charge in [0.1, 0.15) is 5.82 Å². The second kappa shape index (κ2) is 7.04. The van der Waals surface area contributed by atoms with Crippen LogP contribution in [0.3, 0.4) is 0 Å². The van der Waals surface area contributed by atoms with Crippen molar-refractivity contribution in [1.82, 2.24) is 10.2 Å². The fraction of sp³-hybridized carbons (Fsp3) is 0.412. The Morgan fingerprint density at radius 2 is 1.75 bits per heavy atom. The summed E-state index contributed by atoms with van der Waals surface area (Å²) in [5.74, 6) is 1.52. The van der Waals surface area contributed by atoms with Gasteiger partial charge in [-0.2, -0.15) is 0 Å².